The van der Waals surface area contributed by atoms with Gasteiger partial charge in [0, 0.05) is 23.2 Å². The molecule has 0 spiro atoms. The third-order valence-corrected chi connectivity index (χ3v) is 6.50. The summed E-state index contributed by atoms with van der Waals surface area (Å²) in [4.78, 5) is 14.9. The van der Waals surface area contributed by atoms with Crippen molar-refractivity contribution in [3.05, 3.63) is 64.2 Å². The topological polar surface area (TPSA) is 78.5 Å². The van der Waals surface area contributed by atoms with E-state index in [-0.39, 0.29) is 22.9 Å². The highest BCUT2D eigenvalue weighted by molar-refractivity contribution is 7.89. The van der Waals surface area contributed by atoms with Gasteiger partial charge >= 0.3 is 0 Å². The summed E-state index contributed by atoms with van der Waals surface area (Å²) in [6.07, 6.45) is 0. The Hall–Kier alpha value is -1.93. The fraction of sp³-hybridized carbons (Fsp3) is 0.381. The van der Waals surface area contributed by atoms with Crippen molar-refractivity contribution in [1.82, 2.24) is 14.9 Å². The lowest BCUT2D eigenvalue weighted by atomic mass is 10.0. The van der Waals surface area contributed by atoms with Crippen molar-refractivity contribution in [2.75, 3.05) is 20.6 Å². The van der Waals surface area contributed by atoms with Crippen LogP contribution in [0.4, 0.5) is 0 Å². The van der Waals surface area contributed by atoms with E-state index in [1.54, 1.807) is 26.8 Å². The van der Waals surface area contributed by atoms with Gasteiger partial charge in [-0.05, 0) is 64.2 Å². The third-order valence-electron chi connectivity index (χ3n) is 4.50. The van der Waals surface area contributed by atoms with Gasteiger partial charge in [0.05, 0.1) is 10.9 Å². The quantitative estimate of drug-likeness (QED) is 0.663. The van der Waals surface area contributed by atoms with Gasteiger partial charge < -0.3 is 10.2 Å². The Morgan fingerprint density at radius 2 is 1.79 bits per heavy atom. The number of likely N-dealkylation sites (N-methyl/N-ethyl adjacent to an activating group) is 1. The van der Waals surface area contributed by atoms with Gasteiger partial charge in [-0.1, -0.05) is 35.9 Å². The number of sulfonamides is 1. The molecule has 1 amide bonds. The highest BCUT2D eigenvalue weighted by atomic mass is 35.5. The minimum absolute atomic E-state index is 0.0669. The highest BCUT2D eigenvalue weighted by Crippen LogP contribution is 2.25. The van der Waals surface area contributed by atoms with Crippen molar-refractivity contribution in [3.63, 3.8) is 0 Å². The minimum Gasteiger partial charge on any atom is -0.350 e. The molecule has 8 heteroatoms. The highest BCUT2D eigenvalue weighted by Gasteiger charge is 2.21. The molecular formula is C21H28ClN3O3S. The molecule has 1 atom stereocenters. The number of carbonyl (C=O) groups excluding carboxylic acids is 1. The molecule has 0 saturated carbocycles. The van der Waals surface area contributed by atoms with E-state index >= 15 is 0 Å². The first-order valence-electron chi connectivity index (χ1n) is 9.35. The first-order chi connectivity index (χ1) is 13.5. The van der Waals surface area contributed by atoms with Gasteiger partial charge in [0.1, 0.15) is 0 Å². The number of hydrogen-bond acceptors (Lipinski definition) is 4. The van der Waals surface area contributed by atoms with Crippen molar-refractivity contribution in [1.29, 1.82) is 0 Å². The van der Waals surface area contributed by atoms with Gasteiger partial charge in [-0.25, -0.2) is 13.1 Å². The zero-order valence-electron chi connectivity index (χ0n) is 17.4. The average Bonchev–Trinajstić information content (AvgIpc) is 2.62. The van der Waals surface area contributed by atoms with Gasteiger partial charge in [0.2, 0.25) is 10.0 Å². The van der Waals surface area contributed by atoms with Crippen LogP contribution in [0.1, 0.15) is 41.4 Å². The van der Waals surface area contributed by atoms with E-state index in [1.165, 1.54) is 12.1 Å². The maximum absolute atomic E-state index is 12.8. The molecule has 2 aromatic rings. The van der Waals surface area contributed by atoms with Crippen LogP contribution in [0.2, 0.25) is 5.02 Å². The summed E-state index contributed by atoms with van der Waals surface area (Å²) in [5.74, 6) is -0.331. The van der Waals surface area contributed by atoms with Gasteiger partial charge in [-0.2, -0.15) is 0 Å². The fourth-order valence-electron chi connectivity index (χ4n) is 2.99. The van der Waals surface area contributed by atoms with E-state index in [4.69, 9.17) is 11.6 Å². The third kappa shape index (κ3) is 6.02. The molecular weight excluding hydrogens is 410 g/mol. The number of benzene rings is 2. The Balaban J connectivity index is 2.24. The van der Waals surface area contributed by atoms with Crippen LogP contribution < -0.4 is 10.0 Å². The fourth-order valence-corrected chi connectivity index (χ4v) is 4.53. The lowest BCUT2D eigenvalue weighted by molar-refractivity contribution is 0.0941. The number of carbonyl (C=O) groups is 1. The molecule has 0 aliphatic heterocycles. The molecule has 158 valence electrons. The van der Waals surface area contributed by atoms with Crippen molar-refractivity contribution in [2.45, 2.75) is 37.8 Å². The van der Waals surface area contributed by atoms with Crippen LogP contribution in [-0.4, -0.2) is 45.9 Å². The van der Waals surface area contributed by atoms with E-state index < -0.39 is 10.0 Å². The van der Waals surface area contributed by atoms with Crippen molar-refractivity contribution >= 4 is 27.5 Å². The zero-order chi connectivity index (χ0) is 21.8. The zero-order valence-corrected chi connectivity index (χ0v) is 18.9. The second-order valence-corrected chi connectivity index (χ2v) is 9.58. The van der Waals surface area contributed by atoms with E-state index in [2.05, 4.69) is 10.0 Å². The number of hydrogen-bond donors (Lipinski definition) is 2. The van der Waals surface area contributed by atoms with E-state index in [0.29, 0.717) is 22.7 Å². The van der Waals surface area contributed by atoms with Gasteiger partial charge in [-0.3, -0.25) is 4.79 Å². The number of halogens is 1. The molecule has 0 radical (unpaired) electrons. The Labute approximate surface area is 178 Å². The molecule has 0 fully saturated rings. The number of nitrogens with zero attached hydrogens (tertiary/aromatic N) is 1. The second kappa shape index (κ2) is 9.71. The number of amides is 1. The predicted octanol–water partition coefficient (Wildman–Crippen LogP) is 3.37. The Morgan fingerprint density at radius 3 is 2.38 bits per heavy atom. The molecule has 2 rings (SSSR count). The lowest BCUT2D eigenvalue weighted by Crippen LogP contribution is -2.35. The second-order valence-electron chi connectivity index (χ2n) is 7.46. The minimum atomic E-state index is -3.68. The van der Waals surface area contributed by atoms with E-state index in [1.807, 2.05) is 43.3 Å². The van der Waals surface area contributed by atoms with E-state index in [9.17, 15) is 13.2 Å². The molecule has 29 heavy (non-hydrogen) atoms. The maximum atomic E-state index is 12.8. The first-order valence-corrected chi connectivity index (χ1v) is 11.2. The monoisotopic (exact) mass is 437 g/mol. The van der Waals surface area contributed by atoms with Crippen LogP contribution in [0.25, 0.3) is 0 Å². The summed E-state index contributed by atoms with van der Waals surface area (Å²) in [6.45, 7) is 5.60. The van der Waals surface area contributed by atoms with Gasteiger partial charge in [0.25, 0.3) is 5.91 Å². The Kier molecular flexibility index (Phi) is 7.82. The number of rotatable bonds is 8. The Bertz CT molecular complexity index is 975. The maximum Gasteiger partial charge on any atom is 0.251 e. The normalized spacial score (nSPS) is 13.0. The van der Waals surface area contributed by atoms with Gasteiger partial charge in [0.15, 0.2) is 0 Å². The van der Waals surface area contributed by atoms with Crippen molar-refractivity contribution < 1.29 is 13.2 Å². The lowest BCUT2D eigenvalue weighted by Gasteiger charge is -2.26. The number of aryl methyl sites for hydroxylation is 1. The van der Waals surface area contributed by atoms with Crippen LogP contribution in [0.15, 0.2) is 47.4 Å². The summed E-state index contributed by atoms with van der Waals surface area (Å²) in [6, 6.07) is 11.7. The number of nitrogens with one attached hydrogen (secondary N) is 2. The summed E-state index contributed by atoms with van der Waals surface area (Å²) >= 11 is 6.32. The first kappa shape index (κ1) is 23.3. The molecule has 6 nitrogen and oxygen atoms in total. The summed E-state index contributed by atoms with van der Waals surface area (Å²) in [5.41, 5.74) is 1.94. The largest absolute Gasteiger partial charge is 0.350 e. The van der Waals surface area contributed by atoms with Crippen molar-refractivity contribution in [3.8, 4) is 0 Å². The standard InChI is InChI=1S/C21H28ClN3O3S/c1-14(2)24-29(27,28)16-11-10-15(3)18(12-16)21(26)23-13-20(25(4)5)17-8-6-7-9-19(17)22/h6-12,14,20,24H,13H2,1-5H3,(H,23,26). The summed E-state index contributed by atoms with van der Waals surface area (Å²) in [7, 11) is 0.144. The summed E-state index contributed by atoms with van der Waals surface area (Å²) < 4.78 is 27.4. The van der Waals surface area contributed by atoms with Crippen LogP contribution in [-0.2, 0) is 10.0 Å². The molecule has 0 aliphatic rings. The molecule has 0 aromatic heterocycles. The molecule has 0 saturated heterocycles. The predicted molar refractivity (Wildman–Crippen MR) is 117 cm³/mol. The molecule has 1 unspecified atom stereocenters. The Morgan fingerprint density at radius 1 is 1.14 bits per heavy atom. The molecule has 2 aromatic carbocycles. The smallest absolute Gasteiger partial charge is 0.251 e. The van der Waals surface area contributed by atoms with E-state index in [0.717, 1.165) is 5.56 Å². The van der Waals surface area contributed by atoms with Gasteiger partial charge in [-0.15, -0.1) is 0 Å². The molecule has 0 bridgehead atoms. The molecule has 2 N–H and O–H groups in total. The van der Waals surface area contributed by atoms with Crippen LogP contribution in [0, 0.1) is 6.92 Å². The SMILES string of the molecule is Cc1ccc(S(=O)(=O)NC(C)C)cc1C(=O)NCC(c1ccccc1Cl)N(C)C. The van der Waals surface area contributed by atoms with Crippen molar-refractivity contribution in [2.24, 2.45) is 0 Å². The molecule has 0 aliphatic carbocycles. The average molecular weight is 438 g/mol. The van der Waals surface area contributed by atoms with Crippen LogP contribution in [0.5, 0.6) is 0 Å². The van der Waals surface area contributed by atoms with Crippen LogP contribution >= 0.6 is 11.6 Å². The summed E-state index contributed by atoms with van der Waals surface area (Å²) in [5, 5.41) is 3.54. The molecule has 0 heterocycles. The van der Waals surface area contributed by atoms with Crippen LogP contribution in [0.3, 0.4) is 0 Å².